The maximum Gasteiger partial charge on any atom is 0.287 e. The van der Waals surface area contributed by atoms with Crippen molar-refractivity contribution in [3.63, 3.8) is 0 Å². The number of nitrogens with zero attached hydrogens (tertiary/aromatic N) is 1. The van der Waals surface area contributed by atoms with Crippen molar-refractivity contribution in [2.75, 3.05) is 6.61 Å². The molecule has 0 radical (unpaired) electrons. The van der Waals surface area contributed by atoms with Gasteiger partial charge in [0.25, 0.3) is 11.5 Å². The molecule has 4 rings (SSSR count). The standard InChI is InChI=1S/C22H23ClN4O4S/c23-16-3-1-2-12(7-16)8-25-21(30)19-26-20(29)17-15(11-32-22(17)27-19)10-31-9-13-4-5-14(6-13)18(24)28/h1-3,7,11,13-14H,4-6,8-10H2,(H2,24,28)(H,25,30)(H,26,27,29). The van der Waals surface area contributed by atoms with Crippen LogP contribution in [-0.4, -0.2) is 28.4 Å². The van der Waals surface area contributed by atoms with Crippen LogP contribution in [0.5, 0.6) is 0 Å². The highest BCUT2D eigenvalue weighted by Gasteiger charge is 2.28. The van der Waals surface area contributed by atoms with Crippen molar-refractivity contribution < 1.29 is 14.3 Å². The van der Waals surface area contributed by atoms with Crippen LogP contribution in [0.25, 0.3) is 10.2 Å². The van der Waals surface area contributed by atoms with E-state index in [-0.39, 0.29) is 36.4 Å². The topological polar surface area (TPSA) is 127 Å². The predicted molar refractivity (Wildman–Crippen MR) is 123 cm³/mol. The predicted octanol–water partition coefficient (Wildman–Crippen LogP) is 2.99. The molecule has 0 aliphatic heterocycles. The Morgan fingerprint density at radius 3 is 2.94 bits per heavy atom. The Morgan fingerprint density at radius 1 is 1.34 bits per heavy atom. The smallest absolute Gasteiger partial charge is 0.287 e. The van der Waals surface area contributed by atoms with Gasteiger partial charge in [-0.2, -0.15) is 0 Å². The second-order valence-corrected chi connectivity index (χ2v) is 9.26. The fraction of sp³-hybridized carbons (Fsp3) is 0.364. The third kappa shape index (κ3) is 5.17. The Labute approximate surface area is 193 Å². The molecule has 1 saturated carbocycles. The number of carbonyl (C=O) groups excluding carboxylic acids is 2. The number of rotatable bonds is 8. The summed E-state index contributed by atoms with van der Waals surface area (Å²) < 4.78 is 5.81. The summed E-state index contributed by atoms with van der Waals surface area (Å²) in [5, 5.41) is 5.57. The summed E-state index contributed by atoms with van der Waals surface area (Å²) in [4.78, 5) is 43.8. The quantitative estimate of drug-likeness (QED) is 0.462. The summed E-state index contributed by atoms with van der Waals surface area (Å²) in [6.45, 7) is 1.04. The largest absolute Gasteiger partial charge is 0.376 e. The number of nitrogens with one attached hydrogen (secondary N) is 2. The van der Waals surface area contributed by atoms with Gasteiger partial charge in [-0.25, -0.2) is 4.98 Å². The van der Waals surface area contributed by atoms with E-state index < -0.39 is 5.91 Å². The molecule has 4 N–H and O–H groups in total. The van der Waals surface area contributed by atoms with Gasteiger partial charge >= 0.3 is 0 Å². The van der Waals surface area contributed by atoms with Crippen LogP contribution in [0.4, 0.5) is 0 Å². The van der Waals surface area contributed by atoms with Gasteiger partial charge in [-0.05, 0) is 48.3 Å². The maximum atomic E-state index is 12.6. The van der Waals surface area contributed by atoms with E-state index in [2.05, 4.69) is 15.3 Å². The minimum atomic E-state index is -0.472. The zero-order valence-corrected chi connectivity index (χ0v) is 18.8. The molecule has 0 spiro atoms. The number of halogens is 1. The summed E-state index contributed by atoms with van der Waals surface area (Å²) in [7, 11) is 0. The summed E-state index contributed by atoms with van der Waals surface area (Å²) in [6, 6.07) is 7.15. The lowest BCUT2D eigenvalue weighted by molar-refractivity contribution is -0.121. The minimum absolute atomic E-state index is 0.0395. The third-order valence-corrected chi connectivity index (χ3v) is 6.79. The molecule has 1 aliphatic carbocycles. The monoisotopic (exact) mass is 474 g/mol. The van der Waals surface area contributed by atoms with E-state index in [0.717, 1.165) is 30.4 Å². The van der Waals surface area contributed by atoms with Crippen molar-refractivity contribution in [2.24, 2.45) is 17.6 Å². The van der Waals surface area contributed by atoms with Gasteiger partial charge in [0.2, 0.25) is 11.7 Å². The average molecular weight is 475 g/mol. The lowest BCUT2D eigenvalue weighted by Gasteiger charge is -2.10. The Hall–Kier alpha value is -2.75. The van der Waals surface area contributed by atoms with Crippen LogP contribution in [0, 0.1) is 11.8 Å². The molecule has 1 fully saturated rings. The SMILES string of the molecule is NC(=O)C1CCC(COCc2csc3nc(C(=O)NCc4cccc(Cl)c4)[nH]c(=O)c23)C1. The lowest BCUT2D eigenvalue weighted by Crippen LogP contribution is -2.27. The van der Waals surface area contributed by atoms with Crippen molar-refractivity contribution >= 4 is 45.0 Å². The Kier molecular flexibility index (Phi) is 6.88. The summed E-state index contributed by atoms with van der Waals surface area (Å²) in [5.74, 6) is -0.534. The third-order valence-electron chi connectivity index (χ3n) is 5.63. The second kappa shape index (κ2) is 9.81. The molecule has 10 heteroatoms. The van der Waals surface area contributed by atoms with Crippen molar-refractivity contribution in [3.8, 4) is 0 Å². The summed E-state index contributed by atoms with van der Waals surface area (Å²) >= 11 is 7.25. The molecule has 2 heterocycles. The summed E-state index contributed by atoms with van der Waals surface area (Å²) in [5.41, 5.74) is 6.57. The number of thiophene rings is 1. The number of ether oxygens (including phenoxy) is 1. The van der Waals surface area contributed by atoms with E-state index in [9.17, 15) is 14.4 Å². The molecule has 0 bridgehead atoms. The number of aromatic nitrogens is 2. The number of hydrogen-bond donors (Lipinski definition) is 3. The van der Waals surface area contributed by atoms with E-state index in [1.54, 1.807) is 18.2 Å². The zero-order valence-electron chi connectivity index (χ0n) is 17.2. The van der Waals surface area contributed by atoms with Gasteiger partial charge in [0.1, 0.15) is 4.83 Å². The van der Waals surface area contributed by atoms with Crippen LogP contribution in [0.3, 0.4) is 0 Å². The molecule has 32 heavy (non-hydrogen) atoms. The van der Waals surface area contributed by atoms with E-state index in [4.69, 9.17) is 22.1 Å². The van der Waals surface area contributed by atoms with Crippen LogP contribution in [0.1, 0.15) is 41.0 Å². The molecule has 2 atom stereocenters. The number of aromatic amines is 1. The number of primary amides is 1. The number of benzene rings is 1. The zero-order chi connectivity index (χ0) is 22.7. The van der Waals surface area contributed by atoms with Crippen molar-refractivity contribution in [3.05, 3.63) is 62.0 Å². The molecule has 1 aromatic carbocycles. The Balaban J connectivity index is 1.38. The van der Waals surface area contributed by atoms with Gasteiger partial charge in [-0.1, -0.05) is 23.7 Å². The van der Waals surface area contributed by atoms with Crippen molar-refractivity contribution in [1.29, 1.82) is 0 Å². The highest BCUT2D eigenvalue weighted by atomic mass is 35.5. The fourth-order valence-corrected chi connectivity index (χ4v) is 5.09. The number of carbonyl (C=O) groups is 2. The number of amides is 2. The fourth-order valence-electron chi connectivity index (χ4n) is 3.95. The first-order chi connectivity index (χ1) is 15.4. The van der Waals surface area contributed by atoms with Gasteiger partial charge in [-0.3, -0.25) is 14.4 Å². The Morgan fingerprint density at radius 2 is 2.19 bits per heavy atom. The van der Waals surface area contributed by atoms with Crippen LogP contribution >= 0.6 is 22.9 Å². The molecular formula is C22H23ClN4O4S. The van der Waals surface area contributed by atoms with E-state index in [1.165, 1.54) is 11.3 Å². The molecule has 3 aromatic rings. The molecule has 1 aliphatic rings. The molecule has 8 nitrogen and oxygen atoms in total. The van der Waals surface area contributed by atoms with Gasteiger partial charge in [0, 0.05) is 29.7 Å². The van der Waals surface area contributed by atoms with Crippen LogP contribution in [0.15, 0.2) is 34.4 Å². The van der Waals surface area contributed by atoms with Crippen LogP contribution in [-0.2, 0) is 22.7 Å². The lowest BCUT2D eigenvalue weighted by atomic mass is 10.1. The number of fused-ring (bicyclic) bond motifs is 1. The van der Waals surface area contributed by atoms with Gasteiger partial charge < -0.3 is 20.8 Å². The average Bonchev–Trinajstić information content (AvgIpc) is 3.40. The van der Waals surface area contributed by atoms with Crippen LogP contribution in [0.2, 0.25) is 5.02 Å². The Bertz CT molecular complexity index is 1210. The molecule has 168 valence electrons. The summed E-state index contributed by atoms with van der Waals surface area (Å²) in [6.07, 6.45) is 2.46. The van der Waals surface area contributed by atoms with Gasteiger partial charge in [0.15, 0.2) is 0 Å². The van der Waals surface area contributed by atoms with Crippen molar-refractivity contribution in [2.45, 2.75) is 32.4 Å². The first-order valence-corrected chi connectivity index (χ1v) is 11.6. The molecule has 2 unspecified atom stereocenters. The number of nitrogens with two attached hydrogens (primary N) is 1. The van der Waals surface area contributed by atoms with Gasteiger partial charge in [0.05, 0.1) is 12.0 Å². The highest BCUT2D eigenvalue weighted by molar-refractivity contribution is 7.16. The highest BCUT2D eigenvalue weighted by Crippen LogP contribution is 2.31. The maximum absolute atomic E-state index is 12.6. The first kappa shape index (κ1) is 22.4. The first-order valence-electron chi connectivity index (χ1n) is 10.3. The number of H-pyrrole nitrogens is 1. The van der Waals surface area contributed by atoms with Crippen molar-refractivity contribution in [1.82, 2.24) is 15.3 Å². The second-order valence-electron chi connectivity index (χ2n) is 7.96. The van der Waals surface area contributed by atoms with E-state index in [0.29, 0.717) is 27.8 Å². The molecule has 0 saturated heterocycles. The minimum Gasteiger partial charge on any atom is -0.376 e. The molecule has 2 amide bonds. The van der Waals surface area contributed by atoms with E-state index >= 15 is 0 Å². The van der Waals surface area contributed by atoms with Crippen LogP contribution < -0.4 is 16.6 Å². The molecule has 2 aromatic heterocycles. The number of hydrogen-bond acceptors (Lipinski definition) is 6. The molecular weight excluding hydrogens is 452 g/mol. The van der Waals surface area contributed by atoms with Gasteiger partial charge in [-0.15, -0.1) is 11.3 Å². The normalized spacial score (nSPS) is 18.2. The van der Waals surface area contributed by atoms with E-state index in [1.807, 2.05) is 11.4 Å².